The van der Waals surface area contributed by atoms with Crippen LogP contribution in [0.25, 0.3) is 0 Å². The van der Waals surface area contributed by atoms with Crippen LogP contribution in [0.3, 0.4) is 0 Å². The molecular weight excluding hydrogens is 312 g/mol. The standard InChI is InChI=1S/C22H34O3/c1-18(2)19-14-16-20(17-15-19)22(23)25-24-21-12-10-8-6-4-3-5-7-9-11-13-21/h14-18,21H,3-13H2,1-2H3. The number of hydrogen-bond acceptors (Lipinski definition) is 3. The predicted octanol–water partition coefficient (Wildman–Crippen LogP) is 6.57. The van der Waals surface area contributed by atoms with Gasteiger partial charge in [-0.05, 0) is 36.5 Å². The van der Waals surface area contributed by atoms with E-state index < -0.39 is 0 Å². The van der Waals surface area contributed by atoms with E-state index >= 15 is 0 Å². The van der Waals surface area contributed by atoms with Gasteiger partial charge >= 0.3 is 5.97 Å². The van der Waals surface area contributed by atoms with Gasteiger partial charge in [0.2, 0.25) is 0 Å². The number of carbonyl (C=O) groups is 1. The first-order valence-corrected chi connectivity index (χ1v) is 10.1. The third-order valence-corrected chi connectivity index (χ3v) is 5.13. The highest BCUT2D eigenvalue weighted by molar-refractivity contribution is 5.88. The highest BCUT2D eigenvalue weighted by atomic mass is 17.2. The lowest BCUT2D eigenvalue weighted by atomic mass is 9.99. The summed E-state index contributed by atoms with van der Waals surface area (Å²) in [5.41, 5.74) is 1.77. The van der Waals surface area contributed by atoms with Crippen molar-refractivity contribution in [2.75, 3.05) is 0 Å². The topological polar surface area (TPSA) is 35.5 Å². The normalized spacial score (nSPS) is 18.4. The highest BCUT2D eigenvalue weighted by Gasteiger charge is 2.15. The molecule has 25 heavy (non-hydrogen) atoms. The summed E-state index contributed by atoms with van der Waals surface area (Å²) in [7, 11) is 0. The van der Waals surface area contributed by atoms with Crippen molar-refractivity contribution in [2.24, 2.45) is 0 Å². The predicted molar refractivity (Wildman–Crippen MR) is 102 cm³/mol. The largest absolute Gasteiger partial charge is 0.373 e. The quantitative estimate of drug-likeness (QED) is 0.457. The van der Waals surface area contributed by atoms with Crippen molar-refractivity contribution in [3.05, 3.63) is 35.4 Å². The van der Waals surface area contributed by atoms with E-state index in [1.807, 2.05) is 24.3 Å². The van der Waals surface area contributed by atoms with Crippen molar-refractivity contribution < 1.29 is 14.6 Å². The fourth-order valence-corrected chi connectivity index (χ4v) is 3.39. The molecule has 1 aromatic rings. The van der Waals surface area contributed by atoms with Crippen LogP contribution in [0.1, 0.15) is 106 Å². The van der Waals surface area contributed by atoms with Crippen LogP contribution in [0.2, 0.25) is 0 Å². The van der Waals surface area contributed by atoms with E-state index in [4.69, 9.17) is 9.78 Å². The van der Waals surface area contributed by atoms with Gasteiger partial charge in [0.15, 0.2) is 0 Å². The summed E-state index contributed by atoms with van der Waals surface area (Å²) >= 11 is 0. The molecule has 0 amide bonds. The monoisotopic (exact) mass is 346 g/mol. The van der Waals surface area contributed by atoms with Crippen LogP contribution in [0.4, 0.5) is 0 Å². The first-order valence-electron chi connectivity index (χ1n) is 10.1. The van der Waals surface area contributed by atoms with Crippen LogP contribution in [0, 0.1) is 0 Å². The molecule has 3 nitrogen and oxygen atoms in total. The molecule has 1 aliphatic carbocycles. The molecule has 1 aromatic carbocycles. The molecule has 0 N–H and O–H groups in total. The van der Waals surface area contributed by atoms with Crippen LogP contribution in [-0.2, 0) is 9.78 Å². The Morgan fingerprint density at radius 3 is 1.80 bits per heavy atom. The summed E-state index contributed by atoms with van der Waals surface area (Å²) in [5.74, 6) is 0.0685. The maximum atomic E-state index is 12.2. The molecule has 1 fully saturated rings. The molecule has 2 rings (SSSR count). The molecule has 0 bridgehead atoms. The second-order valence-electron chi connectivity index (χ2n) is 7.63. The van der Waals surface area contributed by atoms with Crippen LogP contribution in [-0.4, -0.2) is 12.1 Å². The minimum atomic E-state index is -0.388. The van der Waals surface area contributed by atoms with Crippen LogP contribution in [0.15, 0.2) is 24.3 Å². The van der Waals surface area contributed by atoms with E-state index in [0.717, 1.165) is 25.7 Å². The second kappa shape index (κ2) is 11.3. The van der Waals surface area contributed by atoms with Crippen molar-refractivity contribution in [3.8, 4) is 0 Å². The third-order valence-electron chi connectivity index (χ3n) is 5.13. The lowest BCUT2D eigenvalue weighted by Crippen LogP contribution is -2.17. The zero-order valence-corrected chi connectivity index (χ0v) is 16.0. The Hall–Kier alpha value is -1.35. The fourth-order valence-electron chi connectivity index (χ4n) is 3.39. The lowest BCUT2D eigenvalue weighted by Gasteiger charge is -2.17. The summed E-state index contributed by atoms with van der Waals surface area (Å²) in [6.07, 6.45) is 13.6. The molecule has 3 heteroatoms. The van der Waals surface area contributed by atoms with Gasteiger partial charge in [-0.15, -0.1) is 0 Å². The number of benzene rings is 1. The van der Waals surface area contributed by atoms with Crippen molar-refractivity contribution in [1.82, 2.24) is 0 Å². The van der Waals surface area contributed by atoms with Gasteiger partial charge in [0.1, 0.15) is 6.10 Å². The number of carbonyl (C=O) groups excluding carboxylic acids is 1. The van der Waals surface area contributed by atoms with Crippen LogP contribution in [0.5, 0.6) is 0 Å². The number of hydrogen-bond donors (Lipinski definition) is 0. The Morgan fingerprint density at radius 1 is 0.840 bits per heavy atom. The third kappa shape index (κ3) is 7.60. The van der Waals surface area contributed by atoms with Crippen LogP contribution >= 0.6 is 0 Å². The molecule has 0 aromatic heterocycles. The molecule has 1 aliphatic rings. The summed E-state index contributed by atoms with van der Waals surface area (Å²) in [6, 6.07) is 7.61. The smallest absolute Gasteiger partial charge is 0.293 e. The van der Waals surface area contributed by atoms with Crippen molar-refractivity contribution >= 4 is 5.97 Å². The Labute approximate surface area is 153 Å². The Bertz CT molecular complexity index is 480. The summed E-state index contributed by atoms with van der Waals surface area (Å²) in [6.45, 7) is 4.28. The Kier molecular flexibility index (Phi) is 9.03. The first kappa shape index (κ1) is 20.0. The first-order chi connectivity index (χ1) is 12.2. The van der Waals surface area contributed by atoms with E-state index in [-0.39, 0.29) is 12.1 Å². The second-order valence-corrected chi connectivity index (χ2v) is 7.63. The minimum absolute atomic E-state index is 0.0401. The molecule has 0 radical (unpaired) electrons. The van der Waals surface area contributed by atoms with Gasteiger partial charge in [0, 0.05) is 0 Å². The maximum absolute atomic E-state index is 12.2. The molecule has 0 saturated heterocycles. The molecule has 140 valence electrons. The molecule has 0 unspecified atom stereocenters. The van der Waals surface area contributed by atoms with E-state index in [2.05, 4.69) is 13.8 Å². The molecule has 0 atom stereocenters. The van der Waals surface area contributed by atoms with E-state index in [0.29, 0.717) is 11.5 Å². The average molecular weight is 347 g/mol. The summed E-state index contributed by atoms with van der Waals surface area (Å²) < 4.78 is 0. The molecule has 0 aliphatic heterocycles. The zero-order chi connectivity index (χ0) is 17.9. The van der Waals surface area contributed by atoms with Gasteiger partial charge in [-0.1, -0.05) is 83.8 Å². The SMILES string of the molecule is CC(C)c1ccc(C(=O)OOC2CCCCCCCCCCC2)cc1. The molecule has 0 heterocycles. The van der Waals surface area contributed by atoms with Crippen molar-refractivity contribution in [3.63, 3.8) is 0 Å². The van der Waals surface area contributed by atoms with Gasteiger partial charge < -0.3 is 0 Å². The minimum Gasteiger partial charge on any atom is -0.293 e. The molecular formula is C22H34O3. The number of rotatable bonds is 4. The van der Waals surface area contributed by atoms with Gasteiger partial charge in [-0.3, -0.25) is 4.89 Å². The zero-order valence-electron chi connectivity index (χ0n) is 16.0. The van der Waals surface area contributed by atoms with Crippen LogP contribution < -0.4 is 0 Å². The van der Waals surface area contributed by atoms with E-state index in [1.54, 1.807) is 0 Å². The Balaban J connectivity index is 1.80. The summed E-state index contributed by atoms with van der Waals surface area (Å²) in [4.78, 5) is 22.9. The summed E-state index contributed by atoms with van der Waals surface area (Å²) in [5, 5.41) is 0. The van der Waals surface area contributed by atoms with E-state index in [9.17, 15) is 4.79 Å². The van der Waals surface area contributed by atoms with Gasteiger partial charge in [0.05, 0.1) is 5.56 Å². The highest BCUT2D eigenvalue weighted by Crippen LogP contribution is 2.20. The van der Waals surface area contributed by atoms with Crippen molar-refractivity contribution in [1.29, 1.82) is 0 Å². The maximum Gasteiger partial charge on any atom is 0.373 e. The fraction of sp³-hybridized carbons (Fsp3) is 0.682. The van der Waals surface area contributed by atoms with E-state index in [1.165, 1.54) is 50.5 Å². The molecule has 1 saturated carbocycles. The van der Waals surface area contributed by atoms with Gasteiger partial charge in [-0.25, -0.2) is 4.79 Å². The average Bonchev–Trinajstić information content (AvgIpc) is 2.61. The van der Waals surface area contributed by atoms with Crippen molar-refractivity contribution in [2.45, 2.75) is 96.5 Å². The lowest BCUT2D eigenvalue weighted by molar-refractivity contribution is -0.277. The van der Waals surface area contributed by atoms with Gasteiger partial charge in [0.25, 0.3) is 0 Å². The Morgan fingerprint density at radius 2 is 1.32 bits per heavy atom. The molecule has 0 spiro atoms. The van der Waals surface area contributed by atoms with Gasteiger partial charge in [-0.2, -0.15) is 4.89 Å².